The van der Waals surface area contributed by atoms with Gasteiger partial charge in [0.05, 0.1) is 11.8 Å². The molecule has 3 aromatic heterocycles. The van der Waals surface area contributed by atoms with Crippen LogP contribution in [0.1, 0.15) is 97.7 Å². The number of aliphatic imine (C=N–C) groups is 1. The predicted octanol–water partition coefficient (Wildman–Crippen LogP) is 5.60. The minimum absolute atomic E-state index is 0.00876. The molecule has 4 heterocycles. The highest BCUT2D eigenvalue weighted by Crippen LogP contribution is 2.38. The van der Waals surface area contributed by atoms with E-state index in [1.807, 2.05) is 38.7 Å². The third-order valence-corrected chi connectivity index (χ3v) is 7.84. The Morgan fingerprint density at radius 2 is 2.00 bits per heavy atom. The van der Waals surface area contributed by atoms with Gasteiger partial charge in [0, 0.05) is 36.3 Å². The third-order valence-electron chi connectivity index (χ3n) is 7.84. The van der Waals surface area contributed by atoms with Crippen molar-refractivity contribution in [2.24, 2.45) is 12.0 Å². The lowest BCUT2D eigenvalue weighted by Crippen LogP contribution is -2.29. The summed E-state index contributed by atoms with van der Waals surface area (Å²) in [5.41, 5.74) is 8.56. The normalized spacial score (nSPS) is 16.7. The summed E-state index contributed by atoms with van der Waals surface area (Å²) in [4.78, 5) is 22.5. The van der Waals surface area contributed by atoms with Gasteiger partial charge < -0.3 is 9.73 Å². The first-order chi connectivity index (χ1) is 19.2. The largest absolute Gasteiger partial charge is 0.416 e. The molecule has 2 aliphatic rings. The lowest BCUT2D eigenvalue weighted by atomic mass is 9.92. The Kier molecular flexibility index (Phi) is 6.60. The van der Waals surface area contributed by atoms with Crippen molar-refractivity contribution >= 4 is 17.4 Å². The number of nitrogens with zero attached hydrogens (tertiary/aromatic N) is 6. The topological polar surface area (TPSA) is 111 Å². The van der Waals surface area contributed by atoms with Crippen LogP contribution in [0.5, 0.6) is 0 Å². The molecule has 0 unspecified atom stereocenters. The van der Waals surface area contributed by atoms with E-state index in [4.69, 9.17) is 14.5 Å². The molecule has 0 saturated heterocycles. The van der Waals surface area contributed by atoms with Crippen molar-refractivity contribution in [3.8, 4) is 11.1 Å². The Hall–Kier alpha value is -4.14. The van der Waals surface area contributed by atoms with E-state index in [0.717, 1.165) is 71.6 Å². The highest BCUT2D eigenvalue weighted by atomic mass is 16.4. The van der Waals surface area contributed by atoms with E-state index in [-0.39, 0.29) is 23.3 Å². The fourth-order valence-electron chi connectivity index (χ4n) is 5.62. The lowest BCUT2D eigenvalue weighted by Gasteiger charge is -2.20. The standard InChI is InChI=1S/C31H35N7O2/c1-6-20-16-26(37-38(20)5)25-17-23-21(13-14-32-27(23)33-25)19-11-12-22-18(15-19)9-7-8-10-24(22)34-28(39)29-35-36-30(40-29)31(2,3)4/h11-16,24H,6-10,17H2,1-5H3,(H,34,39)/t24-/m1/s1. The molecule has 4 aromatic rings. The maximum absolute atomic E-state index is 13.0. The SMILES string of the molecule is CCc1cc(C2=Nc3nccc(-c4ccc5c(c4)CCCC[C@H]5NC(=O)c4nnc(C(C)(C)C)o4)c3C2)nn1C. The molecular formula is C31H35N7O2. The second-order valence-electron chi connectivity index (χ2n) is 11.7. The second kappa shape index (κ2) is 10.1. The molecule has 1 aliphatic heterocycles. The summed E-state index contributed by atoms with van der Waals surface area (Å²) in [6.07, 6.45) is 7.39. The van der Waals surface area contributed by atoms with E-state index in [0.29, 0.717) is 12.3 Å². The molecule has 9 heteroatoms. The predicted molar refractivity (Wildman–Crippen MR) is 153 cm³/mol. The average molecular weight is 538 g/mol. The summed E-state index contributed by atoms with van der Waals surface area (Å²) in [5, 5.41) is 15.9. The molecule has 1 amide bonds. The Morgan fingerprint density at radius 3 is 2.75 bits per heavy atom. The van der Waals surface area contributed by atoms with E-state index in [1.54, 1.807) is 0 Å². The van der Waals surface area contributed by atoms with Crippen LogP contribution < -0.4 is 5.32 Å². The number of hydrogen-bond acceptors (Lipinski definition) is 7. The third kappa shape index (κ3) is 4.85. The number of carbonyl (C=O) groups excluding carboxylic acids is 1. The maximum atomic E-state index is 13.0. The molecule has 0 spiro atoms. The zero-order chi connectivity index (χ0) is 28.0. The summed E-state index contributed by atoms with van der Waals surface area (Å²) < 4.78 is 7.62. The van der Waals surface area contributed by atoms with Gasteiger partial charge in [-0.2, -0.15) is 5.10 Å². The van der Waals surface area contributed by atoms with Crippen LogP contribution in [0.4, 0.5) is 5.82 Å². The van der Waals surface area contributed by atoms with Crippen molar-refractivity contribution in [3.63, 3.8) is 0 Å². The summed E-state index contributed by atoms with van der Waals surface area (Å²) in [7, 11) is 1.98. The highest BCUT2D eigenvalue weighted by molar-refractivity contribution is 6.06. The summed E-state index contributed by atoms with van der Waals surface area (Å²) in [5.74, 6) is 0.900. The van der Waals surface area contributed by atoms with E-state index >= 15 is 0 Å². The van der Waals surface area contributed by atoms with Gasteiger partial charge in [0.25, 0.3) is 0 Å². The molecule has 1 aromatic carbocycles. The number of aryl methyl sites for hydroxylation is 3. The van der Waals surface area contributed by atoms with E-state index in [9.17, 15) is 4.79 Å². The molecule has 206 valence electrons. The number of amides is 1. The van der Waals surface area contributed by atoms with Crippen LogP contribution in [0, 0.1) is 0 Å². The van der Waals surface area contributed by atoms with E-state index < -0.39 is 0 Å². The molecule has 40 heavy (non-hydrogen) atoms. The van der Waals surface area contributed by atoms with Crippen molar-refractivity contribution in [2.75, 3.05) is 0 Å². The Labute approximate surface area is 234 Å². The van der Waals surface area contributed by atoms with Gasteiger partial charge in [0.2, 0.25) is 5.89 Å². The maximum Gasteiger partial charge on any atom is 0.309 e. The van der Waals surface area contributed by atoms with Gasteiger partial charge in [-0.05, 0) is 60.1 Å². The first-order valence-corrected chi connectivity index (χ1v) is 14.1. The van der Waals surface area contributed by atoms with Crippen LogP contribution in [-0.4, -0.2) is 36.6 Å². The zero-order valence-corrected chi connectivity index (χ0v) is 23.8. The number of fused-ring (bicyclic) bond motifs is 2. The number of hydrogen-bond donors (Lipinski definition) is 1. The van der Waals surface area contributed by atoms with Gasteiger partial charge in [0.1, 0.15) is 5.69 Å². The molecule has 6 rings (SSSR count). The Bertz CT molecular complexity index is 1620. The van der Waals surface area contributed by atoms with Gasteiger partial charge in [0.15, 0.2) is 5.82 Å². The van der Waals surface area contributed by atoms with E-state index in [2.05, 4.69) is 57.8 Å². The van der Waals surface area contributed by atoms with Crippen LogP contribution in [-0.2, 0) is 31.7 Å². The fraction of sp³-hybridized carbons (Fsp3) is 0.419. The molecule has 1 aliphatic carbocycles. The molecule has 1 N–H and O–H groups in total. The summed E-state index contributed by atoms with van der Waals surface area (Å²) in [6.45, 7) is 8.07. The van der Waals surface area contributed by atoms with Crippen LogP contribution in [0.3, 0.4) is 0 Å². The molecule has 0 bridgehead atoms. The first-order valence-electron chi connectivity index (χ1n) is 14.1. The van der Waals surface area contributed by atoms with Crippen molar-refractivity contribution in [1.82, 2.24) is 30.3 Å². The van der Waals surface area contributed by atoms with Gasteiger partial charge in [-0.25, -0.2) is 9.98 Å². The van der Waals surface area contributed by atoms with Gasteiger partial charge in [-0.3, -0.25) is 9.48 Å². The molecule has 1 atom stereocenters. The summed E-state index contributed by atoms with van der Waals surface area (Å²) >= 11 is 0. The number of rotatable bonds is 5. The van der Waals surface area contributed by atoms with Crippen molar-refractivity contribution < 1.29 is 9.21 Å². The lowest BCUT2D eigenvalue weighted by molar-refractivity contribution is 0.0896. The smallest absolute Gasteiger partial charge is 0.309 e. The van der Waals surface area contributed by atoms with Gasteiger partial charge >= 0.3 is 11.8 Å². The second-order valence-corrected chi connectivity index (χ2v) is 11.7. The van der Waals surface area contributed by atoms with Crippen LogP contribution in [0.15, 0.2) is 45.9 Å². The molecule has 0 radical (unpaired) electrons. The van der Waals surface area contributed by atoms with Crippen LogP contribution >= 0.6 is 0 Å². The highest BCUT2D eigenvalue weighted by Gasteiger charge is 2.28. The first kappa shape index (κ1) is 26.1. The summed E-state index contributed by atoms with van der Waals surface area (Å²) in [6, 6.07) is 10.7. The van der Waals surface area contributed by atoms with Crippen LogP contribution in [0.25, 0.3) is 11.1 Å². The van der Waals surface area contributed by atoms with Gasteiger partial charge in [-0.1, -0.05) is 52.3 Å². The Balaban J connectivity index is 1.26. The zero-order valence-electron chi connectivity index (χ0n) is 23.8. The fourth-order valence-corrected chi connectivity index (χ4v) is 5.62. The minimum Gasteiger partial charge on any atom is -0.416 e. The van der Waals surface area contributed by atoms with Crippen LogP contribution in [0.2, 0.25) is 0 Å². The number of nitrogens with one attached hydrogen (secondary N) is 1. The Morgan fingerprint density at radius 1 is 1.15 bits per heavy atom. The quantitative estimate of drug-likeness (QED) is 0.332. The monoisotopic (exact) mass is 537 g/mol. The minimum atomic E-state index is -0.331. The van der Waals surface area contributed by atoms with Crippen molar-refractivity contribution in [1.29, 1.82) is 0 Å². The molecule has 0 fully saturated rings. The molecule has 0 saturated carbocycles. The number of aromatic nitrogens is 5. The van der Waals surface area contributed by atoms with E-state index in [1.165, 1.54) is 11.3 Å². The van der Waals surface area contributed by atoms with Crippen molar-refractivity contribution in [3.05, 3.63) is 76.4 Å². The molecular weight excluding hydrogens is 502 g/mol. The number of carbonyl (C=O) groups is 1. The van der Waals surface area contributed by atoms with Gasteiger partial charge in [-0.15, -0.1) is 10.2 Å². The number of benzene rings is 1. The average Bonchev–Trinajstić information content (AvgIpc) is 3.65. The number of pyridine rings is 1. The van der Waals surface area contributed by atoms with Crippen molar-refractivity contribution in [2.45, 2.75) is 77.7 Å². The molecule has 9 nitrogen and oxygen atoms in total.